The summed E-state index contributed by atoms with van der Waals surface area (Å²) in [6, 6.07) is 5.42. The second kappa shape index (κ2) is 7.99. The first-order chi connectivity index (χ1) is 12.8. The SMILES string of the molecule is CC(C)=CCc1ccc2c(CC3NC(=O)C(CC(C)C)NC3=O)c[nH]c2c1. The Labute approximate surface area is 160 Å². The van der Waals surface area contributed by atoms with Crippen molar-refractivity contribution in [1.82, 2.24) is 15.6 Å². The van der Waals surface area contributed by atoms with Crippen molar-refractivity contribution in [3.63, 3.8) is 0 Å². The van der Waals surface area contributed by atoms with Gasteiger partial charge in [-0.1, -0.05) is 37.6 Å². The highest BCUT2D eigenvalue weighted by Crippen LogP contribution is 2.22. The van der Waals surface area contributed by atoms with E-state index < -0.39 is 12.1 Å². The molecule has 2 atom stereocenters. The van der Waals surface area contributed by atoms with E-state index in [2.05, 4.69) is 53.7 Å². The molecule has 2 aromatic rings. The number of amides is 2. The minimum Gasteiger partial charge on any atom is -0.361 e. The van der Waals surface area contributed by atoms with Crippen LogP contribution in [0.5, 0.6) is 0 Å². The first-order valence-electron chi connectivity index (χ1n) is 9.66. The van der Waals surface area contributed by atoms with Crippen molar-refractivity contribution in [1.29, 1.82) is 0 Å². The van der Waals surface area contributed by atoms with Gasteiger partial charge < -0.3 is 15.6 Å². The molecule has 1 aliphatic heterocycles. The lowest BCUT2D eigenvalue weighted by molar-refractivity contribution is -0.137. The lowest BCUT2D eigenvalue weighted by atomic mass is 9.97. The van der Waals surface area contributed by atoms with Gasteiger partial charge in [0, 0.05) is 23.5 Å². The average molecular weight is 367 g/mol. The summed E-state index contributed by atoms with van der Waals surface area (Å²) in [6.45, 7) is 8.29. The number of hydrogen-bond acceptors (Lipinski definition) is 2. The number of fused-ring (bicyclic) bond motifs is 1. The minimum atomic E-state index is -0.523. The van der Waals surface area contributed by atoms with E-state index in [1.807, 2.05) is 20.0 Å². The fraction of sp³-hybridized carbons (Fsp3) is 0.455. The van der Waals surface area contributed by atoms with Gasteiger partial charge in [-0.25, -0.2) is 0 Å². The lowest BCUT2D eigenvalue weighted by Gasteiger charge is -2.30. The molecule has 1 aliphatic rings. The second-order valence-corrected chi connectivity index (χ2v) is 8.14. The molecule has 0 aliphatic carbocycles. The summed E-state index contributed by atoms with van der Waals surface area (Å²) in [7, 11) is 0. The maximum absolute atomic E-state index is 12.5. The Hall–Kier alpha value is -2.56. The van der Waals surface area contributed by atoms with Crippen LogP contribution in [0.15, 0.2) is 36.0 Å². The van der Waals surface area contributed by atoms with E-state index in [1.165, 1.54) is 11.1 Å². The van der Waals surface area contributed by atoms with Gasteiger partial charge in [-0.2, -0.15) is 0 Å². The van der Waals surface area contributed by atoms with Crippen molar-refractivity contribution in [2.75, 3.05) is 0 Å². The summed E-state index contributed by atoms with van der Waals surface area (Å²) in [5.74, 6) is 0.165. The number of benzene rings is 1. The topological polar surface area (TPSA) is 74.0 Å². The molecule has 27 heavy (non-hydrogen) atoms. The van der Waals surface area contributed by atoms with Gasteiger partial charge in [0.2, 0.25) is 11.8 Å². The molecule has 0 saturated carbocycles. The number of piperazine rings is 1. The number of rotatable bonds is 6. The summed E-state index contributed by atoms with van der Waals surface area (Å²) >= 11 is 0. The van der Waals surface area contributed by atoms with E-state index in [0.29, 0.717) is 18.8 Å². The van der Waals surface area contributed by atoms with Gasteiger partial charge in [0.1, 0.15) is 12.1 Å². The molecule has 2 unspecified atom stereocenters. The van der Waals surface area contributed by atoms with Crippen molar-refractivity contribution in [3.05, 3.63) is 47.2 Å². The van der Waals surface area contributed by atoms with Crippen molar-refractivity contribution >= 4 is 22.7 Å². The van der Waals surface area contributed by atoms with E-state index in [-0.39, 0.29) is 11.8 Å². The number of allylic oxidation sites excluding steroid dienone is 2. The van der Waals surface area contributed by atoms with Crippen LogP contribution in [0.25, 0.3) is 10.9 Å². The summed E-state index contributed by atoms with van der Waals surface area (Å²) < 4.78 is 0. The van der Waals surface area contributed by atoms with Crippen LogP contribution >= 0.6 is 0 Å². The molecule has 3 rings (SSSR count). The molecular weight excluding hydrogens is 338 g/mol. The lowest BCUT2D eigenvalue weighted by Crippen LogP contribution is -2.62. The maximum atomic E-state index is 12.5. The Balaban J connectivity index is 1.72. The molecule has 0 bridgehead atoms. The van der Waals surface area contributed by atoms with Crippen molar-refractivity contribution in [2.24, 2.45) is 5.92 Å². The Bertz CT molecular complexity index is 875. The van der Waals surface area contributed by atoms with E-state index in [4.69, 9.17) is 0 Å². The zero-order chi connectivity index (χ0) is 19.6. The molecule has 1 fully saturated rings. The fourth-order valence-electron chi connectivity index (χ4n) is 3.53. The zero-order valence-electron chi connectivity index (χ0n) is 16.6. The van der Waals surface area contributed by atoms with Crippen LogP contribution in [0.2, 0.25) is 0 Å². The molecule has 1 aromatic heterocycles. The van der Waals surface area contributed by atoms with Crippen molar-refractivity contribution < 1.29 is 9.59 Å². The molecular formula is C22H29N3O2. The fourth-order valence-corrected chi connectivity index (χ4v) is 3.53. The Morgan fingerprint density at radius 2 is 1.81 bits per heavy atom. The van der Waals surface area contributed by atoms with Gasteiger partial charge in [-0.3, -0.25) is 9.59 Å². The molecule has 3 N–H and O–H groups in total. The molecule has 1 saturated heterocycles. The molecule has 0 spiro atoms. The van der Waals surface area contributed by atoms with E-state index in [0.717, 1.165) is 22.9 Å². The van der Waals surface area contributed by atoms with E-state index in [9.17, 15) is 9.59 Å². The molecule has 2 amide bonds. The third-order valence-corrected chi connectivity index (χ3v) is 4.97. The smallest absolute Gasteiger partial charge is 0.243 e. The number of hydrogen-bond donors (Lipinski definition) is 3. The number of aromatic nitrogens is 1. The first-order valence-corrected chi connectivity index (χ1v) is 9.66. The Morgan fingerprint density at radius 3 is 2.52 bits per heavy atom. The minimum absolute atomic E-state index is 0.0860. The van der Waals surface area contributed by atoms with Crippen LogP contribution < -0.4 is 10.6 Å². The van der Waals surface area contributed by atoms with Gasteiger partial charge in [-0.05, 0) is 49.8 Å². The predicted octanol–water partition coefficient (Wildman–Crippen LogP) is 3.25. The van der Waals surface area contributed by atoms with Gasteiger partial charge in [0.25, 0.3) is 0 Å². The quantitative estimate of drug-likeness (QED) is 0.686. The third kappa shape index (κ3) is 4.59. The van der Waals surface area contributed by atoms with Gasteiger partial charge in [0.05, 0.1) is 0 Å². The molecule has 2 heterocycles. The Morgan fingerprint density at radius 1 is 1.11 bits per heavy atom. The van der Waals surface area contributed by atoms with Crippen LogP contribution in [0.1, 0.15) is 45.2 Å². The molecule has 5 heteroatoms. The molecule has 1 aromatic carbocycles. The summed E-state index contributed by atoms with van der Waals surface area (Å²) in [4.78, 5) is 28.1. The number of aromatic amines is 1. The van der Waals surface area contributed by atoms with E-state index in [1.54, 1.807) is 0 Å². The zero-order valence-corrected chi connectivity index (χ0v) is 16.6. The summed E-state index contributed by atoms with van der Waals surface area (Å²) in [5, 5.41) is 6.87. The normalized spacial score (nSPS) is 19.9. The van der Waals surface area contributed by atoms with Crippen LogP contribution in [0, 0.1) is 5.92 Å². The van der Waals surface area contributed by atoms with Gasteiger partial charge in [-0.15, -0.1) is 0 Å². The number of nitrogens with one attached hydrogen (secondary N) is 3. The van der Waals surface area contributed by atoms with Crippen LogP contribution in [-0.2, 0) is 22.4 Å². The highest BCUT2D eigenvalue weighted by atomic mass is 16.2. The molecule has 144 valence electrons. The largest absolute Gasteiger partial charge is 0.361 e. The molecule has 0 radical (unpaired) electrons. The maximum Gasteiger partial charge on any atom is 0.243 e. The van der Waals surface area contributed by atoms with Crippen LogP contribution in [0.3, 0.4) is 0 Å². The summed E-state index contributed by atoms with van der Waals surface area (Å²) in [6.07, 6.45) is 6.20. The third-order valence-electron chi connectivity index (χ3n) is 4.97. The van der Waals surface area contributed by atoms with Gasteiger partial charge in [0.15, 0.2) is 0 Å². The molecule has 5 nitrogen and oxygen atoms in total. The second-order valence-electron chi connectivity index (χ2n) is 8.14. The highest BCUT2D eigenvalue weighted by Gasteiger charge is 2.34. The van der Waals surface area contributed by atoms with Crippen LogP contribution in [0.4, 0.5) is 0 Å². The monoisotopic (exact) mass is 367 g/mol. The number of carbonyl (C=O) groups is 2. The highest BCUT2D eigenvalue weighted by molar-refractivity contribution is 5.97. The number of carbonyl (C=O) groups excluding carboxylic acids is 2. The van der Waals surface area contributed by atoms with Crippen molar-refractivity contribution in [2.45, 2.75) is 59.0 Å². The number of H-pyrrole nitrogens is 1. The van der Waals surface area contributed by atoms with E-state index >= 15 is 0 Å². The Kier molecular flexibility index (Phi) is 5.68. The average Bonchev–Trinajstić information content (AvgIpc) is 2.99. The standard InChI is InChI=1S/C22H29N3O2/c1-13(2)5-6-15-7-8-17-16(12-23-18(17)10-15)11-20-22(27)24-19(9-14(3)4)21(26)25-20/h5,7-8,10,12,14,19-20,23H,6,9,11H2,1-4H3,(H,24,27)(H,25,26). The van der Waals surface area contributed by atoms with Crippen molar-refractivity contribution in [3.8, 4) is 0 Å². The predicted molar refractivity (Wildman–Crippen MR) is 108 cm³/mol. The first kappa shape index (κ1) is 19.2. The van der Waals surface area contributed by atoms with Crippen LogP contribution in [-0.4, -0.2) is 28.9 Å². The summed E-state index contributed by atoms with van der Waals surface area (Å²) in [5.41, 5.74) is 4.65. The van der Waals surface area contributed by atoms with Gasteiger partial charge >= 0.3 is 0 Å².